The molecule has 0 aliphatic rings. The highest BCUT2D eigenvalue weighted by molar-refractivity contribution is 5.90. The van der Waals surface area contributed by atoms with Crippen molar-refractivity contribution in [2.75, 3.05) is 34.3 Å². The van der Waals surface area contributed by atoms with Crippen LogP contribution in [-0.4, -0.2) is 49.9 Å². The monoisotopic (exact) mass is 336 g/mol. The molecule has 0 aliphatic carbocycles. The van der Waals surface area contributed by atoms with Crippen LogP contribution in [0.25, 0.3) is 0 Å². The van der Waals surface area contributed by atoms with Crippen molar-refractivity contribution in [1.82, 2.24) is 0 Å². The predicted molar refractivity (Wildman–Crippen MR) is 98.7 cm³/mol. The predicted octanol–water partition coefficient (Wildman–Crippen LogP) is 3.85. The molecule has 0 atom stereocenters. The van der Waals surface area contributed by atoms with E-state index in [1.54, 1.807) is 12.1 Å². The van der Waals surface area contributed by atoms with Crippen molar-refractivity contribution in [2.45, 2.75) is 52.4 Å². The van der Waals surface area contributed by atoms with Crippen molar-refractivity contribution >= 4 is 5.97 Å². The molecule has 1 rings (SSSR count). The zero-order valence-corrected chi connectivity index (χ0v) is 16.8. The molecule has 0 saturated heterocycles. The molecule has 24 heavy (non-hydrogen) atoms. The van der Waals surface area contributed by atoms with Gasteiger partial charge in [0, 0.05) is 11.1 Å². The van der Waals surface area contributed by atoms with Crippen molar-refractivity contribution in [3.63, 3.8) is 0 Å². The molecule has 0 heterocycles. The zero-order chi connectivity index (χ0) is 18.9. The van der Waals surface area contributed by atoms with Crippen molar-refractivity contribution in [1.29, 1.82) is 0 Å². The van der Waals surface area contributed by atoms with Crippen LogP contribution >= 0.6 is 0 Å². The first kappa shape index (κ1) is 20.5. The Balaban J connectivity index is 3.22. The van der Waals surface area contributed by atoms with E-state index in [2.05, 4.69) is 21.1 Å². The van der Waals surface area contributed by atoms with Gasteiger partial charge in [-0.05, 0) is 23.0 Å². The van der Waals surface area contributed by atoms with E-state index in [0.717, 1.165) is 22.2 Å². The van der Waals surface area contributed by atoms with Gasteiger partial charge in [0.15, 0.2) is 0 Å². The first-order valence-electron chi connectivity index (χ1n) is 8.48. The number of phenols is 1. The molecule has 0 aliphatic heterocycles. The van der Waals surface area contributed by atoms with E-state index in [1.165, 1.54) is 0 Å². The number of hydrogen-bond donors (Lipinski definition) is 1. The highest BCUT2D eigenvalue weighted by Gasteiger charge is 2.28. The Morgan fingerprint density at radius 1 is 1.00 bits per heavy atom. The topological polar surface area (TPSA) is 46.5 Å². The fourth-order valence-corrected chi connectivity index (χ4v) is 2.39. The summed E-state index contributed by atoms with van der Waals surface area (Å²) in [5.41, 5.74) is 1.52. The minimum absolute atomic E-state index is 0.261. The van der Waals surface area contributed by atoms with Gasteiger partial charge in [-0.1, -0.05) is 41.5 Å². The number of rotatable bonds is 4. The Kier molecular flexibility index (Phi) is 5.77. The summed E-state index contributed by atoms with van der Waals surface area (Å²) in [6, 6.07) is 3.53. The molecule has 4 heteroatoms. The summed E-state index contributed by atoms with van der Waals surface area (Å²) < 4.78 is 6.18. The molecular formula is C20H34NO3+. The van der Waals surface area contributed by atoms with E-state index in [4.69, 9.17) is 4.74 Å². The van der Waals surface area contributed by atoms with Crippen LogP contribution in [0, 0.1) is 0 Å². The quantitative estimate of drug-likeness (QED) is 0.671. The van der Waals surface area contributed by atoms with Crippen LogP contribution in [0.2, 0.25) is 0 Å². The third-order valence-electron chi connectivity index (χ3n) is 3.96. The summed E-state index contributed by atoms with van der Waals surface area (Å²) in [5.74, 6) is -0.0580. The number of esters is 1. The molecule has 1 aromatic rings. The zero-order valence-electron chi connectivity index (χ0n) is 16.8. The summed E-state index contributed by atoms with van der Waals surface area (Å²) in [7, 11) is 6.18. The van der Waals surface area contributed by atoms with Gasteiger partial charge in [0.05, 0.1) is 26.7 Å². The van der Waals surface area contributed by atoms with Gasteiger partial charge >= 0.3 is 5.97 Å². The molecule has 0 aromatic heterocycles. The van der Waals surface area contributed by atoms with Crippen molar-refractivity contribution in [2.24, 2.45) is 0 Å². The number of benzene rings is 1. The van der Waals surface area contributed by atoms with Gasteiger partial charge in [0.2, 0.25) is 0 Å². The van der Waals surface area contributed by atoms with Crippen LogP contribution in [0.1, 0.15) is 63.0 Å². The minimum atomic E-state index is -0.334. The number of nitrogens with zero attached hydrogens (tertiary/aromatic N) is 1. The molecule has 0 spiro atoms. The number of hydrogen-bond acceptors (Lipinski definition) is 3. The number of carbonyl (C=O) groups is 1. The normalized spacial score (nSPS) is 13.0. The second kappa shape index (κ2) is 6.75. The van der Waals surface area contributed by atoms with Crippen molar-refractivity contribution < 1.29 is 19.1 Å². The van der Waals surface area contributed by atoms with Crippen molar-refractivity contribution in [3.05, 3.63) is 28.8 Å². The molecule has 0 amide bonds. The third kappa shape index (κ3) is 5.52. The number of aromatic hydroxyl groups is 1. The van der Waals surface area contributed by atoms with Gasteiger partial charge in [-0.2, -0.15) is 0 Å². The second-order valence-electron chi connectivity index (χ2n) is 9.57. The van der Waals surface area contributed by atoms with Crippen LogP contribution in [0.3, 0.4) is 0 Å². The fourth-order valence-electron chi connectivity index (χ4n) is 2.39. The molecule has 1 aromatic carbocycles. The smallest absolute Gasteiger partial charge is 0.338 e. The summed E-state index contributed by atoms with van der Waals surface area (Å²) in [6.07, 6.45) is 0. The SMILES string of the molecule is CC(C)(C)c1cc(C(=O)OCC[N+](C)(C)C)cc(C(C)(C)C)c1O. The summed E-state index contributed by atoms with van der Waals surface area (Å²) in [6.45, 7) is 13.3. The van der Waals surface area contributed by atoms with Gasteiger partial charge in [-0.15, -0.1) is 0 Å². The van der Waals surface area contributed by atoms with E-state index >= 15 is 0 Å². The Labute approximate surface area is 147 Å². The number of carbonyl (C=O) groups excluding carboxylic acids is 1. The molecule has 0 bridgehead atoms. The Morgan fingerprint density at radius 2 is 1.42 bits per heavy atom. The van der Waals surface area contributed by atoms with Gasteiger partial charge in [-0.3, -0.25) is 0 Å². The van der Waals surface area contributed by atoms with Crippen LogP contribution < -0.4 is 0 Å². The Morgan fingerprint density at radius 3 is 1.75 bits per heavy atom. The largest absolute Gasteiger partial charge is 0.507 e. The lowest BCUT2D eigenvalue weighted by Gasteiger charge is -2.28. The van der Waals surface area contributed by atoms with Gasteiger partial charge < -0.3 is 14.3 Å². The first-order valence-corrected chi connectivity index (χ1v) is 8.48. The molecule has 0 fully saturated rings. The highest BCUT2D eigenvalue weighted by Crippen LogP contribution is 2.39. The van der Waals surface area contributed by atoms with Gasteiger partial charge in [0.1, 0.15) is 18.9 Å². The van der Waals surface area contributed by atoms with E-state index < -0.39 is 0 Å². The van der Waals surface area contributed by atoms with Crippen LogP contribution in [0.15, 0.2) is 12.1 Å². The van der Waals surface area contributed by atoms with Gasteiger partial charge in [-0.25, -0.2) is 4.79 Å². The lowest BCUT2D eigenvalue weighted by atomic mass is 9.78. The fraction of sp³-hybridized carbons (Fsp3) is 0.650. The first-order chi connectivity index (χ1) is 10.6. The van der Waals surface area contributed by atoms with Crippen LogP contribution in [0.4, 0.5) is 0 Å². The van der Waals surface area contributed by atoms with Gasteiger partial charge in [0.25, 0.3) is 0 Å². The Hall–Kier alpha value is -1.55. The molecule has 0 radical (unpaired) electrons. The number of likely N-dealkylation sites (N-methyl/N-ethyl adjacent to an activating group) is 1. The lowest BCUT2D eigenvalue weighted by molar-refractivity contribution is -0.870. The summed E-state index contributed by atoms with van der Waals surface area (Å²) in [5, 5.41) is 10.7. The van der Waals surface area contributed by atoms with Crippen LogP contribution in [0.5, 0.6) is 5.75 Å². The second-order valence-corrected chi connectivity index (χ2v) is 9.57. The van der Waals surface area contributed by atoms with Crippen molar-refractivity contribution in [3.8, 4) is 5.75 Å². The summed E-state index contributed by atoms with van der Waals surface area (Å²) in [4.78, 5) is 12.5. The lowest BCUT2D eigenvalue weighted by Crippen LogP contribution is -2.38. The average Bonchev–Trinajstić information content (AvgIpc) is 2.34. The average molecular weight is 336 g/mol. The molecule has 136 valence electrons. The highest BCUT2D eigenvalue weighted by atomic mass is 16.5. The van der Waals surface area contributed by atoms with E-state index in [-0.39, 0.29) is 22.5 Å². The van der Waals surface area contributed by atoms with Crippen LogP contribution in [-0.2, 0) is 15.6 Å². The number of phenolic OH excluding ortho intramolecular Hbond substituents is 1. The van der Waals surface area contributed by atoms with E-state index in [1.807, 2.05) is 41.5 Å². The minimum Gasteiger partial charge on any atom is -0.507 e. The maximum Gasteiger partial charge on any atom is 0.338 e. The maximum atomic E-state index is 12.5. The molecule has 0 saturated carbocycles. The molecular weight excluding hydrogens is 302 g/mol. The number of ether oxygens (including phenoxy) is 1. The van der Waals surface area contributed by atoms with E-state index in [9.17, 15) is 9.90 Å². The summed E-state index contributed by atoms with van der Waals surface area (Å²) >= 11 is 0. The standard InChI is InChI=1S/C20H33NO3/c1-19(2,3)15-12-14(13-16(17(15)22)20(4,5)6)18(23)24-11-10-21(7,8)9/h12-13H,10-11H2,1-9H3/p+1. The molecule has 0 unspecified atom stereocenters. The number of quaternary nitrogens is 1. The Bertz CT molecular complexity index is 564. The maximum absolute atomic E-state index is 12.5. The molecule has 4 nitrogen and oxygen atoms in total. The third-order valence-corrected chi connectivity index (χ3v) is 3.96. The van der Waals surface area contributed by atoms with E-state index in [0.29, 0.717) is 12.2 Å². The molecule has 1 N–H and O–H groups in total.